The fraction of sp³-hybridized carbons (Fsp3) is 0.294. The van der Waals surface area contributed by atoms with Crippen LogP contribution >= 0.6 is 11.8 Å². The van der Waals surface area contributed by atoms with Crippen LogP contribution in [0.15, 0.2) is 29.6 Å². The van der Waals surface area contributed by atoms with Crippen LogP contribution in [-0.4, -0.2) is 35.5 Å². The van der Waals surface area contributed by atoms with E-state index in [1.165, 1.54) is 31.0 Å². The first-order valence-electron chi connectivity index (χ1n) is 7.75. The second-order valence-electron chi connectivity index (χ2n) is 5.54. The Kier molecular flexibility index (Phi) is 5.36. The van der Waals surface area contributed by atoms with E-state index >= 15 is 0 Å². The second kappa shape index (κ2) is 7.55. The summed E-state index contributed by atoms with van der Waals surface area (Å²) in [6.07, 6.45) is -3.09. The molecule has 0 unspecified atom stereocenters. The van der Waals surface area contributed by atoms with Crippen molar-refractivity contribution < 1.29 is 27.4 Å². The normalized spacial score (nSPS) is 11.6. The average molecular weight is 399 g/mol. The quantitative estimate of drug-likeness (QED) is 0.617. The predicted octanol–water partition coefficient (Wildman–Crippen LogP) is 4.47. The molecule has 0 amide bonds. The molecule has 0 radical (unpaired) electrons. The SMILES string of the molecule is COc1cc(CSc2nc3cc(OC)c(OC(F)(F)F)cc3[nH]2)ncc1C. The van der Waals surface area contributed by atoms with E-state index in [0.29, 0.717) is 21.9 Å². The maximum atomic E-state index is 12.5. The Bertz CT molecular complexity index is 960. The summed E-state index contributed by atoms with van der Waals surface area (Å²) in [6, 6.07) is 4.44. The van der Waals surface area contributed by atoms with Gasteiger partial charge in [-0.2, -0.15) is 0 Å². The van der Waals surface area contributed by atoms with E-state index in [-0.39, 0.29) is 5.75 Å². The minimum absolute atomic E-state index is 0.0483. The number of ether oxygens (including phenoxy) is 3. The van der Waals surface area contributed by atoms with Gasteiger partial charge in [0.05, 0.1) is 30.9 Å². The number of benzene rings is 1. The van der Waals surface area contributed by atoms with E-state index in [1.807, 2.05) is 13.0 Å². The van der Waals surface area contributed by atoms with Gasteiger partial charge in [0.15, 0.2) is 16.7 Å². The maximum Gasteiger partial charge on any atom is 0.573 e. The number of nitrogens with zero attached hydrogens (tertiary/aromatic N) is 2. The van der Waals surface area contributed by atoms with Gasteiger partial charge in [-0.05, 0) is 6.92 Å². The zero-order chi connectivity index (χ0) is 19.6. The lowest BCUT2D eigenvalue weighted by Crippen LogP contribution is -2.17. The smallest absolute Gasteiger partial charge is 0.496 e. The van der Waals surface area contributed by atoms with Crippen LogP contribution < -0.4 is 14.2 Å². The molecular formula is C17H16F3N3O3S. The summed E-state index contributed by atoms with van der Waals surface area (Å²) >= 11 is 1.37. The molecule has 0 spiro atoms. The number of fused-ring (bicyclic) bond motifs is 1. The van der Waals surface area contributed by atoms with E-state index in [0.717, 1.165) is 17.0 Å². The third-order valence-corrected chi connectivity index (χ3v) is 4.57. The summed E-state index contributed by atoms with van der Waals surface area (Å²) in [5.74, 6) is 0.777. The van der Waals surface area contributed by atoms with E-state index in [1.54, 1.807) is 13.3 Å². The van der Waals surface area contributed by atoms with Gasteiger partial charge in [0, 0.05) is 35.7 Å². The Morgan fingerprint density at radius 2 is 1.81 bits per heavy atom. The topological polar surface area (TPSA) is 69.3 Å². The molecule has 0 bridgehead atoms. The molecule has 6 nitrogen and oxygen atoms in total. The van der Waals surface area contributed by atoms with Crippen LogP contribution in [0, 0.1) is 6.92 Å². The minimum atomic E-state index is -4.81. The van der Waals surface area contributed by atoms with E-state index in [4.69, 9.17) is 9.47 Å². The van der Waals surface area contributed by atoms with Crippen LogP contribution in [0.4, 0.5) is 13.2 Å². The van der Waals surface area contributed by atoms with Gasteiger partial charge in [-0.1, -0.05) is 11.8 Å². The molecule has 0 saturated heterocycles. The van der Waals surface area contributed by atoms with Crippen molar-refractivity contribution in [1.29, 1.82) is 0 Å². The lowest BCUT2D eigenvalue weighted by Gasteiger charge is -2.12. The molecule has 0 aliphatic heterocycles. The fourth-order valence-electron chi connectivity index (χ4n) is 2.41. The number of pyridine rings is 1. The zero-order valence-corrected chi connectivity index (χ0v) is 15.5. The van der Waals surface area contributed by atoms with Crippen molar-refractivity contribution in [3.63, 3.8) is 0 Å². The molecule has 0 saturated carbocycles. The number of thioether (sulfide) groups is 1. The summed E-state index contributed by atoms with van der Waals surface area (Å²) < 4.78 is 51.9. The standard InChI is InChI=1S/C17H16F3N3O3S/c1-9-7-21-10(4-13(9)24-2)8-27-16-22-11-5-14(25-3)15(6-12(11)23-16)26-17(18,19)20/h4-7H,8H2,1-3H3,(H,22,23). The van der Waals surface area contributed by atoms with Gasteiger partial charge in [0.1, 0.15) is 5.75 Å². The molecule has 1 aromatic carbocycles. The van der Waals surface area contributed by atoms with Crippen molar-refractivity contribution in [3.8, 4) is 17.2 Å². The number of rotatable bonds is 6. The Morgan fingerprint density at radius 3 is 2.48 bits per heavy atom. The number of aromatic amines is 1. The molecule has 3 rings (SSSR count). The van der Waals surface area contributed by atoms with Gasteiger partial charge in [-0.25, -0.2) is 4.98 Å². The number of nitrogens with one attached hydrogen (secondary N) is 1. The molecule has 0 aliphatic rings. The highest BCUT2D eigenvalue weighted by Gasteiger charge is 2.32. The highest BCUT2D eigenvalue weighted by atomic mass is 32.2. The number of alkyl halides is 3. The molecule has 2 heterocycles. The number of aromatic nitrogens is 3. The number of H-pyrrole nitrogens is 1. The van der Waals surface area contributed by atoms with Gasteiger partial charge in [0.25, 0.3) is 0 Å². The third kappa shape index (κ3) is 4.57. The lowest BCUT2D eigenvalue weighted by molar-refractivity contribution is -0.275. The summed E-state index contributed by atoms with van der Waals surface area (Å²) in [4.78, 5) is 11.7. The average Bonchev–Trinajstić information content (AvgIpc) is 3.00. The third-order valence-electron chi connectivity index (χ3n) is 3.66. The summed E-state index contributed by atoms with van der Waals surface area (Å²) in [5, 5.41) is 0.539. The van der Waals surface area contributed by atoms with Crippen molar-refractivity contribution in [2.24, 2.45) is 0 Å². The number of hydrogen-bond donors (Lipinski definition) is 1. The fourth-order valence-corrected chi connectivity index (χ4v) is 3.20. The number of halogens is 3. The molecule has 0 aliphatic carbocycles. The van der Waals surface area contributed by atoms with Crippen LogP contribution in [0.3, 0.4) is 0 Å². The Labute approximate surface area is 157 Å². The van der Waals surface area contributed by atoms with Crippen molar-refractivity contribution in [3.05, 3.63) is 35.7 Å². The highest BCUT2D eigenvalue weighted by molar-refractivity contribution is 7.98. The molecule has 144 valence electrons. The first-order valence-corrected chi connectivity index (χ1v) is 8.73. The lowest BCUT2D eigenvalue weighted by atomic mass is 10.2. The van der Waals surface area contributed by atoms with E-state index in [9.17, 15) is 13.2 Å². The van der Waals surface area contributed by atoms with Crippen LogP contribution in [0.5, 0.6) is 17.2 Å². The van der Waals surface area contributed by atoms with Gasteiger partial charge in [0.2, 0.25) is 0 Å². The monoisotopic (exact) mass is 399 g/mol. The van der Waals surface area contributed by atoms with Crippen LogP contribution in [0.1, 0.15) is 11.3 Å². The van der Waals surface area contributed by atoms with Gasteiger partial charge >= 0.3 is 6.36 Å². The van der Waals surface area contributed by atoms with Crippen molar-refractivity contribution in [1.82, 2.24) is 15.0 Å². The Balaban J connectivity index is 1.82. The molecule has 10 heteroatoms. The predicted molar refractivity (Wildman–Crippen MR) is 94.4 cm³/mol. The Hall–Kier alpha value is -2.62. The number of hydrogen-bond acceptors (Lipinski definition) is 6. The van der Waals surface area contributed by atoms with E-state index < -0.39 is 12.1 Å². The summed E-state index contributed by atoms with van der Waals surface area (Å²) in [7, 11) is 2.86. The van der Waals surface area contributed by atoms with E-state index in [2.05, 4.69) is 19.7 Å². The largest absolute Gasteiger partial charge is 0.573 e. The van der Waals surface area contributed by atoms with Crippen LogP contribution in [-0.2, 0) is 5.75 Å². The van der Waals surface area contributed by atoms with Gasteiger partial charge in [-0.3, -0.25) is 4.98 Å². The van der Waals surface area contributed by atoms with Crippen LogP contribution in [0.25, 0.3) is 11.0 Å². The molecule has 2 aromatic heterocycles. The Morgan fingerprint density at radius 1 is 1.07 bits per heavy atom. The van der Waals surface area contributed by atoms with Gasteiger partial charge < -0.3 is 19.2 Å². The highest BCUT2D eigenvalue weighted by Crippen LogP contribution is 2.36. The summed E-state index contributed by atoms with van der Waals surface area (Å²) in [6.45, 7) is 1.90. The van der Waals surface area contributed by atoms with Crippen molar-refractivity contribution in [2.75, 3.05) is 14.2 Å². The zero-order valence-electron chi connectivity index (χ0n) is 14.7. The molecule has 0 atom stereocenters. The maximum absolute atomic E-state index is 12.5. The second-order valence-corrected chi connectivity index (χ2v) is 6.51. The number of aryl methyl sites for hydroxylation is 1. The first kappa shape index (κ1) is 19.2. The molecule has 0 fully saturated rings. The van der Waals surface area contributed by atoms with Gasteiger partial charge in [-0.15, -0.1) is 13.2 Å². The van der Waals surface area contributed by atoms with Crippen LogP contribution in [0.2, 0.25) is 0 Å². The molecule has 3 aromatic rings. The number of imidazole rings is 1. The minimum Gasteiger partial charge on any atom is -0.496 e. The first-order chi connectivity index (χ1) is 12.8. The van der Waals surface area contributed by atoms with Crippen molar-refractivity contribution >= 4 is 22.8 Å². The molecular weight excluding hydrogens is 383 g/mol. The van der Waals surface area contributed by atoms with Crippen molar-refractivity contribution in [2.45, 2.75) is 24.2 Å². The summed E-state index contributed by atoms with van der Waals surface area (Å²) in [5.41, 5.74) is 2.60. The number of methoxy groups -OCH3 is 2. The molecule has 27 heavy (non-hydrogen) atoms. The molecule has 1 N–H and O–H groups in total.